The Hall–Kier alpha value is -3.49. The van der Waals surface area contributed by atoms with Gasteiger partial charge < -0.3 is 0 Å². The van der Waals surface area contributed by atoms with Gasteiger partial charge in [0, 0.05) is 30.1 Å². The largest absolute Gasteiger partial charge is 0.293 e. The minimum Gasteiger partial charge on any atom is -0.293 e. The molecule has 3 aromatic rings. The zero-order valence-electron chi connectivity index (χ0n) is 15.2. The Kier molecular flexibility index (Phi) is 5.53. The second-order valence-electron chi connectivity index (χ2n) is 6.37. The Balaban J connectivity index is 1.95. The van der Waals surface area contributed by atoms with Crippen molar-refractivity contribution in [3.63, 3.8) is 0 Å². The van der Waals surface area contributed by atoms with E-state index in [1.165, 1.54) is 18.5 Å². The van der Waals surface area contributed by atoms with E-state index < -0.39 is 23.1 Å². The van der Waals surface area contributed by atoms with Crippen LogP contribution in [-0.2, 0) is 11.3 Å². The normalized spacial score (nSPS) is 10.9. The van der Waals surface area contributed by atoms with E-state index in [0.29, 0.717) is 11.3 Å². The molecule has 28 heavy (non-hydrogen) atoms. The van der Waals surface area contributed by atoms with Crippen LogP contribution in [0.15, 0.2) is 47.5 Å². The number of nitrogens with zero attached hydrogens (tertiary/aromatic N) is 4. The molecule has 0 unspecified atom stereocenters. The molecule has 2 aromatic heterocycles. The first kappa shape index (κ1) is 19.3. The second kappa shape index (κ2) is 8.03. The van der Waals surface area contributed by atoms with E-state index in [4.69, 9.17) is 0 Å². The summed E-state index contributed by atoms with van der Waals surface area (Å²) in [7, 11) is 0. The van der Waals surface area contributed by atoms with E-state index in [2.05, 4.69) is 20.4 Å². The summed E-state index contributed by atoms with van der Waals surface area (Å²) in [6, 6.07) is 5.85. The van der Waals surface area contributed by atoms with Gasteiger partial charge in [0.2, 0.25) is 11.9 Å². The monoisotopic (exact) mass is 385 g/mol. The molecule has 0 fully saturated rings. The van der Waals surface area contributed by atoms with E-state index in [0.717, 1.165) is 22.9 Å². The smallest absolute Gasteiger partial charge is 0.267 e. The molecule has 0 aliphatic heterocycles. The van der Waals surface area contributed by atoms with E-state index >= 15 is 0 Å². The summed E-state index contributed by atoms with van der Waals surface area (Å²) in [5, 5.41) is 6.71. The second-order valence-corrected chi connectivity index (χ2v) is 6.37. The number of carbonyl (C=O) groups is 1. The molecule has 0 bridgehead atoms. The molecule has 0 aliphatic carbocycles. The molecule has 1 N–H and O–H groups in total. The van der Waals surface area contributed by atoms with E-state index in [1.54, 1.807) is 6.07 Å². The lowest BCUT2D eigenvalue weighted by Crippen LogP contribution is -2.31. The summed E-state index contributed by atoms with van der Waals surface area (Å²) in [5.74, 6) is -2.09. The van der Waals surface area contributed by atoms with Crippen molar-refractivity contribution >= 4 is 11.9 Å². The maximum absolute atomic E-state index is 13.6. The molecule has 1 aromatic carbocycles. The Morgan fingerprint density at radius 2 is 1.75 bits per heavy atom. The van der Waals surface area contributed by atoms with Gasteiger partial charge in [-0.3, -0.25) is 14.9 Å². The van der Waals surface area contributed by atoms with E-state index in [9.17, 15) is 18.4 Å². The van der Waals surface area contributed by atoms with Crippen molar-refractivity contribution in [1.29, 1.82) is 0 Å². The van der Waals surface area contributed by atoms with Crippen LogP contribution < -0.4 is 10.9 Å². The maximum atomic E-state index is 13.6. The summed E-state index contributed by atoms with van der Waals surface area (Å²) in [5.41, 5.74) is 0.392. The van der Waals surface area contributed by atoms with Crippen molar-refractivity contribution in [2.24, 2.45) is 0 Å². The first-order chi connectivity index (χ1) is 13.3. The molecule has 0 saturated heterocycles. The highest BCUT2D eigenvalue weighted by molar-refractivity contribution is 5.88. The van der Waals surface area contributed by atoms with Crippen molar-refractivity contribution in [2.45, 2.75) is 26.3 Å². The summed E-state index contributed by atoms with van der Waals surface area (Å²) >= 11 is 0. The predicted molar refractivity (Wildman–Crippen MR) is 98.6 cm³/mol. The number of hydrogen-bond donors (Lipinski definition) is 1. The Morgan fingerprint density at radius 1 is 1.11 bits per heavy atom. The van der Waals surface area contributed by atoms with Gasteiger partial charge in [-0.15, -0.1) is 0 Å². The SMILES string of the molecule is CC(C)c1nn(CC(=O)Nc2ncccn2)c(=O)cc1-c1cc(F)cc(F)c1. The van der Waals surface area contributed by atoms with Gasteiger partial charge in [-0.1, -0.05) is 13.8 Å². The highest BCUT2D eigenvalue weighted by Gasteiger charge is 2.17. The zero-order valence-corrected chi connectivity index (χ0v) is 15.2. The predicted octanol–water partition coefficient (Wildman–Crippen LogP) is 2.74. The number of halogens is 2. The molecule has 0 aliphatic rings. The standard InChI is InChI=1S/C19H17F2N5O2/c1-11(2)18-15(12-6-13(20)8-14(21)7-12)9-17(28)26(25-18)10-16(27)24-19-22-4-3-5-23-19/h3-9,11H,10H2,1-2H3,(H,22,23,24,27). The van der Waals surface area contributed by atoms with Crippen molar-refractivity contribution in [3.05, 3.63) is 70.4 Å². The Labute approximate surface area is 159 Å². The lowest BCUT2D eigenvalue weighted by Gasteiger charge is -2.14. The quantitative estimate of drug-likeness (QED) is 0.729. The van der Waals surface area contributed by atoms with Crippen LogP contribution in [0.5, 0.6) is 0 Å². The summed E-state index contributed by atoms with van der Waals surface area (Å²) < 4.78 is 28.2. The van der Waals surface area contributed by atoms with Crippen LogP contribution in [0.2, 0.25) is 0 Å². The van der Waals surface area contributed by atoms with Crippen molar-refractivity contribution in [1.82, 2.24) is 19.7 Å². The molecule has 2 heterocycles. The maximum Gasteiger partial charge on any atom is 0.267 e. The van der Waals surface area contributed by atoms with Gasteiger partial charge >= 0.3 is 0 Å². The van der Waals surface area contributed by atoms with E-state index in [1.807, 2.05) is 13.8 Å². The molecule has 0 spiro atoms. The zero-order chi connectivity index (χ0) is 20.3. The van der Waals surface area contributed by atoms with Crippen molar-refractivity contribution in [2.75, 3.05) is 5.32 Å². The highest BCUT2D eigenvalue weighted by atomic mass is 19.1. The van der Waals surface area contributed by atoms with Crippen LogP contribution in [0.25, 0.3) is 11.1 Å². The van der Waals surface area contributed by atoms with Gasteiger partial charge in [-0.2, -0.15) is 5.10 Å². The first-order valence-electron chi connectivity index (χ1n) is 8.49. The van der Waals surface area contributed by atoms with Crippen LogP contribution in [0.4, 0.5) is 14.7 Å². The van der Waals surface area contributed by atoms with Gasteiger partial charge in [0.15, 0.2) is 0 Å². The van der Waals surface area contributed by atoms with Gasteiger partial charge in [0.25, 0.3) is 5.56 Å². The molecule has 0 saturated carbocycles. The molecule has 144 valence electrons. The number of hydrogen-bond acceptors (Lipinski definition) is 5. The third-order valence-corrected chi connectivity index (χ3v) is 3.86. The number of amides is 1. The molecule has 0 atom stereocenters. The van der Waals surface area contributed by atoms with Gasteiger partial charge in [-0.25, -0.2) is 23.4 Å². The average molecular weight is 385 g/mol. The van der Waals surface area contributed by atoms with Crippen LogP contribution in [0, 0.1) is 11.6 Å². The van der Waals surface area contributed by atoms with Crippen LogP contribution in [-0.4, -0.2) is 25.7 Å². The fourth-order valence-electron chi connectivity index (χ4n) is 2.65. The number of carbonyl (C=O) groups excluding carboxylic acids is 1. The molecular formula is C19H17F2N5O2. The number of aromatic nitrogens is 4. The molecule has 3 rings (SSSR count). The summed E-state index contributed by atoms with van der Waals surface area (Å²) in [6.07, 6.45) is 2.94. The molecule has 0 radical (unpaired) electrons. The van der Waals surface area contributed by atoms with Crippen molar-refractivity contribution in [3.8, 4) is 11.1 Å². The van der Waals surface area contributed by atoms with Crippen molar-refractivity contribution < 1.29 is 13.6 Å². The summed E-state index contributed by atoms with van der Waals surface area (Å²) in [4.78, 5) is 32.4. The Morgan fingerprint density at radius 3 is 2.36 bits per heavy atom. The topological polar surface area (TPSA) is 89.8 Å². The lowest BCUT2D eigenvalue weighted by atomic mass is 9.98. The summed E-state index contributed by atoms with van der Waals surface area (Å²) in [6.45, 7) is 3.30. The molecule has 9 heteroatoms. The minimum atomic E-state index is -0.754. The fraction of sp³-hybridized carbons (Fsp3) is 0.211. The van der Waals surface area contributed by atoms with Crippen LogP contribution in [0.3, 0.4) is 0 Å². The Bertz CT molecular complexity index is 1050. The van der Waals surface area contributed by atoms with Gasteiger partial charge in [0.05, 0.1) is 5.69 Å². The lowest BCUT2D eigenvalue weighted by molar-refractivity contribution is -0.117. The number of rotatable bonds is 5. The van der Waals surface area contributed by atoms with E-state index in [-0.39, 0.29) is 24.0 Å². The number of nitrogens with one attached hydrogen (secondary N) is 1. The van der Waals surface area contributed by atoms with Crippen LogP contribution >= 0.6 is 0 Å². The third kappa shape index (κ3) is 4.43. The molecular weight excluding hydrogens is 368 g/mol. The van der Waals surface area contributed by atoms with Crippen LogP contribution in [0.1, 0.15) is 25.5 Å². The van der Waals surface area contributed by atoms with Gasteiger partial charge in [0.1, 0.15) is 18.2 Å². The first-order valence-corrected chi connectivity index (χ1v) is 8.49. The fourth-order valence-corrected chi connectivity index (χ4v) is 2.65. The highest BCUT2D eigenvalue weighted by Crippen LogP contribution is 2.27. The number of benzene rings is 1. The molecule has 7 nitrogen and oxygen atoms in total. The van der Waals surface area contributed by atoms with Gasteiger partial charge in [-0.05, 0) is 29.7 Å². The molecule has 1 amide bonds. The third-order valence-electron chi connectivity index (χ3n) is 3.86. The minimum absolute atomic E-state index is 0.108. The average Bonchev–Trinajstić information content (AvgIpc) is 2.63. The number of anilines is 1.